The van der Waals surface area contributed by atoms with Crippen LogP contribution in [0.25, 0.3) is 0 Å². The summed E-state index contributed by atoms with van der Waals surface area (Å²) < 4.78 is 11.6. The number of hydrogen-bond donors (Lipinski definition) is 1. The Balaban J connectivity index is 2.44. The summed E-state index contributed by atoms with van der Waals surface area (Å²) in [5.74, 6) is 1.49. The van der Waals surface area contributed by atoms with Gasteiger partial charge in [-0.05, 0) is 66.2 Å². The molecule has 1 aromatic rings. The predicted octanol–water partition coefficient (Wildman–Crippen LogP) is 3.29. The molecule has 0 fully saturated rings. The monoisotopic (exact) mass is 358 g/mol. The summed E-state index contributed by atoms with van der Waals surface area (Å²) in [6.45, 7) is 9.66. The molecule has 0 amide bonds. The number of ether oxygens (including phenoxy) is 2. The Morgan fingerprint density at radius 2 is 1.86 bits per heavy atom. The van der Waals surface area contributed by atoms with E-state index in [2.05, 4.69) is 46.1 Å². The lowest BCUT2D eigenvalue weighted by atomic mass is 10.2. The van der Waals surface area contributed by atoms with Crippen molar-refractivity contribution in [2.45, 2.75) is 26.8 Å². The molecule has 0 atom stereocenters. The first-order chi connectivity index (χ1) is 10.2. The van der Waals surface area contributed by atoms with Crippen LogP contribution in [0.5, 0.6) is 11.5 Å². The molecule has 21 heavy (non-hydrogen) atoms. The molecule has 4 nitrogen and oxygen atoms in total. The highest BCUT2D eigenvalue weighted by Crippen LogP contribution is 2.36. The van der Waals surface area contributed by atoms with Gasteiger partial charge in [0, 0.05) is 6.54 Å². The van der Waals surface area contributed by atoms with Gasteiger partial charge in [0.15, 0.2) is 11.5 Å². The Morgan fingerprint density at radius 1 is 1.14 bits per heavy atom. The van der Waals surface area contributed by atoms with Gasteiger partial charge in [-0.2, -0.15) is 0 Å². The number of nitrogens with zero attached hydrogens (tertiary/aromatic N) is 1. The number of nitrogens with one attached hydrogen (secondary N) is 1. The van der Waals surface area contributed by atoms with Gasteiger partial charge in [0.05, 0.1) is 18.7 Å². The zero-order valence-electron chi connectivity index (χ0n) is 13.5. The molecule has 0 unspecified atom stereocenters. The molecule has 1 rings (SSSR count). The molecule has 0 saturated heterocycles. The van der Waals surface area contributed by atoms with Crippen LogP contribution in [0.1, 0.15) is 25.8 Å². The molecule has 0 aromatic heterocycles. The van der Waals surface area contributed by atoms with Crippen LogP contribution in [0.4, 0.5) is 0 Å². The van der Waals surface area contributed by atoms with Crippen molar-refractivity contribution < 1.29 is 9.47 Å². The third-order valence-electron chi connectivity index (χ3n) is 3.54. The molecule has 1 aromatic carbocycles. The van der Waals surface area contributed by atoms with Crippen LogP contribution < -0.4 is 14.8 Å². The number of rotatable bonds is 10. The number of hydrogen-bond acceptors (Lipinski definition) is 4. The maximum Gasteiger partial charge on any atom is 0.174 e. The van der Waals surface area contributed by atoms with Gasteiger partial charge in [0.1, 0.15) is 0 Å². The zero-order chi connectivity index (χ0) is 15.7. The topological polar surface area (TPSA) is 33.7 Å². The van der Waals surface area contributed by atoms with Crippen molar-refractivity contribution in [1.82, 2.24) is 10.2 Å². The highest BCUT2D eigenvalue weighted by Gasteiger charge is 2.10. The van der Waals surface area contributed by atoms with Gasteiger partial charge in [0.2, 0.25) is 0 Å². The van der Waals surface area contributed by atoms with Crippen molar-refractivity contribution in [2.24, 2.45) is 0 Å². The molecule has 0 aliphatic heterocycles. The van der Waals surface area contributed by atoms with E-state index in [4.69, 9.17) is 9.47 Å². The van der Waals surface area contributed by atoms with Gasteiger partial charge in [-0.1, -0.05) is 13.8 Å². The van der Waals surface area contributed by atoms with Crippen molar-refractivity contribution >= 4 is 15.9 Å². The molecule has 0 heterocycles. The second kappa shape index (κ2) is 10.0. The lowest BCUT2D eigenvalue weighted by molar-refractivity contribution is 0.298. The van der Waals surface area contributed by atoms with Crippen LogP contribution in [0.15, 0.2) is 16.6 Å². The summed E-state index contributed by atoms with van der Waals surface area (Å²) in [5.41, 5.74) is 1.18. The van der Waals surface area contributed by atoms with Gasteiger partial charge < -0.3 is 19.7 Å². The maximum atomic E-state index is 5.36. The Kier molecular flexibility index (Phi) is 8.73. The minimum absolute atomic E-state index is 0.739. The van der Waals surface area contributed by atoms with Gasteiger partial charge in [0.25, 0.3) is 0 Å². The average Bonchev–Trinajstić information content (AvgIpc) is 2.50. The van der Waals surface area contributed by atoms with Crippen LogP contribution in [0, 0.1) is 0 Å². The van der Waals surface area contributed by atoms with E-state index in [9.17, 15) is 0 Å². The largest absolute Gasteiger partial charge is 0.493 e. The van der Waals surface area contributed by atoms with E-state index in [-0.39, 0.29) is 0 Å². The van der Waals surface area contributed by atoms with E-state index >= 15 is 0 Å². The van der Waals surface area contributed by atoms with E-state index in [0.29, 0.717) is 0 Å². The Bertz CT molecular complexity index is 423. The van der Waals surface area contributed by atoms with E-state index in [1.165, 1.54) is 5.56 Å². The molecule has 0 aliphatic rings. The third kappa shape index (κ3) is 5.85. The molecule has 0 radical (unpaired) electrons. The van der Waals surface area contributed by atoms with Crippen molar-refractivity contribution in [3.63, 3.8) is 0 Å². The molecular weight excluding hydrogens is 332 g/mol. The SMILES string of the molecule is CCN(CC)CCCNCc1cc(Br)c(OC)c(OC)c1. The summed E-state index contributed by atoms with van der Waals surface area (Å²) in [5, 5.41) is 3.48. The standard InChI is InChI=1S/C16H27BrN2O2/c1-5-19(6-2)9-7-8-18-12-13-10-14(17)16(21-4)15(11-13)20-3/h10-11,18H,5-9,12H2,1-4H3. The number of halogens is 1. The van der Waals surface area contributed by atoms with Crippen molar-refractivity contribution in [2.75, 3.05) is 40.4 Å². The molecule has 1 N–H and O–H groups in total. The normalized spacial score (nSPS) is 11.0. The fraction of sp³-hybridized carbons (Fsp3) is 0.625. The first-order valence-corrected chi connectivity index (χ1v) is 8.28. The first-order valence-electron chi connectivity index (χ1n) is 7.49. The molecule has 0 saturated carbocycles. The number of methoxy groups -OCH3 is 2. The van der Waals surface area contributed by atoms with Gasteiger partial charge >= 0.3 is 0 Å². The first kappa shape index (κ1) is 18.3. The Morgan fingerprint density at radius 3 is 2.43 bits per heavy atom. The maximum absolute atomic E-state index is 5.36. The minimum atomic E-state index is 0.739. The summed E-state index contributed by atoms with van der Waals surface area (Å²) in [6, 6.07) is 4.08. The van der Waals surface area contributed by atoms with E-state index < -0.39 is 0 Å². The highest BCUT2D eigenvalue weighted by atomic mass is 79.9. The predicted molar refractivity (Wildman–Crippen MR) is 91.4 cm³/mol. The molecule has 0 aliphatic carbocycles. The van der Waals surface area contributed by atoms with Crippen LogP contribution in [-0.4, -0.2) is 45.3 Å². The van der Waals surface area contributed by atoms with Crippen LogP contribution >= 0.6 is 15.9 Å². The van der Waals surface area contributed by atoms with E-state index in [1.54, 1.807) is 14.2 Å². The van der Waals surface area contributed by atoms with Crippen LogP contribution in [0.3, 0.4) is 0 Å². The van der Waals surface area contributed by atoms with Crippen molar-refractivity contribution in [3.8, 4) is 11.5 Å². The van der Waals surface area contributed by atoms with Gasteiger partial charge in [-0.3, -0.25) is 0 Å². The summed E-state index contributed by atoms with van der Waals surface area (Å²) in [4.78, 5) is 2.44. The third-order valence-corrected chi connectivity index (χ3v) is 4.13. The lowest BCUT2D eigenvalue weighted by Crippen LogP contribution is -2.27. The number of benzene rings is 1. The molecule has 0 spiro atoms. The Labute approximate surface area is 136 Å². The van der Waals surface area contributed by atoms with E-state index in [0.717, 1.165) is 55.1 Å². The zero-order valence-corrected chi connectivity index (χ0v) is 15.1. The smallest absolute Gasteiger partial charge is 0.174 e. The van der Waals surface area contributed by atoms with E-state index in [1.807, 2.05) is 6.07 Å². The molecular formula is C16H27BrN2O2. The average molecular weight is 359 g/mol. The van der Waals surface area contributed by atoms with Crippen LogP contribution in [-0.2, 0) is 6.54 Å². The summed E-state index contributed by atoms with van der Waals surface area (Å²) >= 11 is 3.52. The van der Waals surface area contributed by atoms with Crippen molar-refractivity contribution in [3.05, 3.63) is 22.2 Å². The lowest BCUT2D eigenvalue weighted by Gasteiger charge is -2.17. The Hall–Kier alpha value is -0.780. The highest BCUT2D eigenvalue weighted by molar-refractivity contribution is 9.10. The van der Waals surface area contributed by atoms with Crippen molar-refractivity contribution in [1.29, 1.82) is 0 Å². The summed E-state index contributed by atoms with van der Waals surface area (Å²) in [7, 11) is 3.30. The quantitative estimate of drug-likeness (QED) is 0.650. The summed E-state index contributed by atoms with van der Waals surface area (Å²) in [6.07, 6.45) is 1.16. The molecule has 0 bridgehead atoms. The second-order valence-electron chi connectivity index (χ2n) is 4.87. The van der Waals surface area contributed by atoms with Crippen LogP contribution in [0.2, 0.25) is 0 Å². The molecule has 5 heteroatoms. The second-order valence-corrected chi connectivity index (χ2v) is 5.72. The van der Waals surface area contributed by atoms with Gasteiger partial charge in [-0.25, -0.2) is 0 Å². The fourth-order valence-electron chi connectivity index (χ4n) is 2.27. The van der Waals surface area contributed by atoms with Gasteiger partial charge in [-0.15, -0.1) is 0 Å². The minimum Gasteiger partial charge on any atom is -0.493 e. The fourth-order valence-corrected chi connectivity index (χ4v) is 2.92. The molecule has 120 valence electrons.